The van der Waals surface area contributed by atoms with Crippen LogP contribution in [0.25, 0.3) is 0 Å². The van der Waals surface area contributed by atoms with Gasteiger partial charge in [-0.1, -0.05) is 15.9 Å². The monoisotopic (exact) mass is 368 g/mol. The summed E-state index contributed by atoms with van der Waals surface area (Å²) in [5, 5.41) is 0. The molecule has 0 heterocycles. The average Bonchev–Trinajstić information content (AvgIpc) is 2.34. The molecule has 0 aliphatic heterocycles. The van der Waals surface area contributed by atoms with E-state index in [-0.39, 0.29) is 5.78 Å². The molecule has 0 aliphatic carbocycles. The van der Waals surface area contributed by atoms with Gasteiger partial charge in [-0.05, 0) is 47.5 Å². The molecule has 0 saturated carbocycles. The van der Waals surface area contributed by atoms with E-state index < -0.39 is 13.1 Å². The van der Waals surface area contributed by atoms with Crippen molar-refractivity contribution in [1.82, 2.24) is 0 Å². The zero-order chi connectivity index (χ0) is 15.6. The second-order valence-corrected chi connectivity index (χ2v) is 9.80. The van der Waals surface area contributed by atoms with Gasteiger partial charge >= 0.3 is 8.80 Å². The van der Waals surface area contributed by atoms with E-state index in [9.17, 15) is 4.79 Å². The first-order valence-corrected chi connectivity index (χ1v) is 10.2. The maximum atomic E-state index is 11.8. The van der Waals surface area contributed by atoms with Gasteiger partial charge in [0.1, 0.15) is 5.78 Å². The highest BCUT2D eigenvalue weighted by molar-refractivity contribution is 9.10. The molecule has 0 N–H and O–H groups in total. The molecule has 4 nitrogen and oxygen atoms in total. The molecule has 0 fully saturated rings. The van der Waals surface area contributed by atoms with E-state index in [1.54, 1.807) is 0 Å². The van der Waals surface area contributed by atoms with Gasteiger partial charge in [0.2, 0.25) is 0 Å². The lowest BCUT2D eigenvalue weighted by Crippen LogP contribution is -2.45. The summed E-state index contributed by atoms with van der Waals surface area (Å²) in [6.07, 6.45) is 2.31. The van der Waals surface area contributed by atoms with E-state index in [1.165, 1.54) is 0 Å². The van der Waals surface area contributed by atoms with Crippen molar-refractivity contribution >= 4 is 30.5 Å². The molecule has 0 unspecified atom stereocenters. The fourth-order valence-corrected chi connectivity index (χ4v) is 4.81. The Morgan fingerprint density at radius 1 is 1.00 bits per heavy atom. The number of hydrogen-bond acceptors (Lipinski definition) is 4. The van der Waals surface area contributed by atoms with E-state index in [0.717, 1.165) is 18.9 Å². The molecule has 0 spiro atoms. The first kappa shape index (κ1) is 20.2. The normalized spacial score (nSPS) is 12.7. The van der Waals surface area contributed by atoms with Crippen molar-refractivity contribution in [1.29, 1.82) is 0 Å². The third kappa shape index (κ3) is 7.88. The van der Waals surface area contributed by atoms with E-state index in [4.69, 9.17) is 13.3 Å². The number of halogens is 1. The number of carbonyl (C=O) groups excluding carboxylic acids is 1. The van der Waals surface area contributed by atoms with Gasteiger partial charge in [-0.2, -0.15) is 0 Å². The largest absolute Gasteiger partial charge is 0.500 e. The summed E-state index contributed by atoms with van der Waals surface area (Å²) in [5.74, 6) is 0.231. The first-order valence-electron chi connectivity index (χ1n) is 7.45. The predicted octanol–water partition coefficient (Wildman–Crippen LogP) is 3.95. The van der Waals surface area contributed by atoms with E-state index in [1.807, 2.05) is 34.6 Å². The molecule has 0 amide bonds. The zero-order valence-corrected chi connectivity index (χ0v) is 16.0. The fraction of sp³-hybridized carbons (Fsp3) is 0.929. The number of rotatable bonds is 12. The van der Waals surface area contributed by atoms with Gasteiger partial charge in [0.05, 0.1) is 4.32 Å². The Bertz CT molecular complexity index is 262. The number of unbranched alkanes of at least 4 members (excludes halogenated alkanes) is 1. The lowest BCUT2D eigenvalue weighted by molar-refractivity contribution is -0.120. The maximum absolute atomic E-state index is 11.8. The summed E-state index contributed by atoms with van der Waals surface area (Å²) >= 11 is 3.40. The molecule has 0 saturated heterocycles. The number of carbonyl (C=O) groups is 1. The molecule has 0 bridgehead atoms. The molecule has 0 aromatic carbocycles. The molecule has 0 aromatic rings. The molecule has 6 heteroatoms. The number of hydrogen-bond donors (Lipinski definition) is 0. The second-order valence-electron chi connectivity index (χ2n) is 5.08. The van der Waals surface area contributed by atoms with Crippen LogP contribution in [0.5, 0.6) is 0 Å². The Morgan fingerprint density at radius 3 is 1.80 bits per heavy atom. The lowest BCUT2D eigenvalue weighted by Gasteiger charge is -2.28. The highest BCUT2D eigenvalue weighted by atomic mass is 79.9. The summed E-state index contributed by atoms with van der Waals surface area (Å²) in [4.78, 5) is 11.8. The van der Waals surface area contributed by atoms with Crippen molar-refractivity contribution in [2.75, 3.05) is 19.8 Å². The van der Waals surface area contributed by atoms with Crippen molar-refractivity contribution in [3.05, 3.63) is 0 Å². The Labute approximate surface area is 133 Å². The first-order chi connectivity index (χ1) is 9.31. The maximum Gasteiger partial charge on any atom is 0.500 e. The summed E-state index contributed by atoms with van der Waals surface area (Å²) in [5.41, 5.74) is 0. The SMILES string of the molecule is CCO[Si](CCCCC(=O)C(C)(C)Br)(OCC)OCC. The van der Waals surface area contributed by atoms with Gasteiger partial charge in [-0.15, -0.1) is 0 Å². The van der Waals surface area contributed by atoms with Crippen LogP contribution in [0.2, 0.25) is 6.04 Å². The van der Waals surface area contributed by atoms with Gasteiger partial charge in [-0.3, -0.25) is 4.79 Å². The van der Waals surface area contributed by atoms with Crippen LogP contribution in [0.1, 0.15) is 53.9 Å². The standard InChI is InChI=1S/C14H29BrO4Si/c1-6-17-20(18-7-2,19-8-3)12-10-9-11-13(16)14(4,5)15/h6-12H2,1-5H3. The minimum Gasteiger partial charge on any atom is -0.374 e. The molecule has 0 atom stereocenters. The van der Waals surface area contributed by atoms with Gasteiger partial charge < -0.3 is 13.3 Å². The Hall–Kier alpha value is 0.247. The molecule has 0 radical (unpaired) electrons. The quantitative estimate of drug-likeness (QED) is 0.297. The summed E-state index contributed by atoms with van der Waals surface area (Å²) in [7, 11) is -2.54. The highest BCUT2D eigenvalue weighted by Crippen LogP contribution is 2.23. The van der Waals surface area contributed by atoms with Crippen LogP contribution in [0.4, 0.5) is 0 Å². The van der Waals surface area contributed by atoms with Gasteiger partial charge in [0.15, 0.2) is 0 Å². The smallest absolute Gasteiger partial charge is 0.374 e. The molecule has 0 aliphatic rings. The van der Waals surface area contributed by atoms with Crippen LogP contribution in [-0.4, -0.2) is 38.7 Å². The molecule has 20 heavy (non-hydrogen) atoms. The molecular weight excluding hydrogens is 340 g/mol. The minimum absolute atomic E-state index is 0.231. The zero-order valence-electron chi connectivity index (χ0n) is 13.5. The Balaban J connectivity index is 4.29. The molecule has 0 rings (SSSR count). The Morgan fingerprint density at radius 2 is 1.45 bits per heavy atom. The Kier molecular flexibility index (Phi) is 10.2. The van der Waals surface area contributed by atoms with E-state index in [0.29, 0.717) is 26.2 Å². The predicted molar refractivity (Wildman–Crippen MR) is 87.3 cm³/mol. The minimum atomic E-state index is -2.54. The van der Waals surface area contributed by atoms with Crippen molar-refractivity contribution < 1.29 is 18.1 Å². The van der Waals surface area contributed by atoms with Crippen LogP contribution >= 0.6 is 15.9 Å². The van der Waals surface area contributed by atoms with Crippen LogP contribution in [-0.2, 0) is 18.1 Å². The molecule has 0 aromatic heterocycles. The topological polar surface area (TPSA) is 44.8 Å². The second kappa shape index (κ2) is 10.1. The third-order valence-corrected chi connectivity index (χ3v) is 6.49. The van der Waals surface area contributed by atoms with Gasteiger partial charge in [-0.25, -0.2) is 0 Å². The van der Waals surface area contributed by atoms with Crippen LogP contribution in [0.3, 0.4) is 0 Å². The number of alkyl halides is 1. The van der Waals surface area contributed by atoms with Crippen LogP contribution < -0.4 is 0 Å². The summed E-state index contributed by atoms with van der Waals surface area (Å²) in [6.45, 7) is 11.4. The summed E-state index contributed by atoms with van der Waals surface area (Å²) in [6, 6.07) is 0.776. The van der Waals surface area contributed by atoms with Gasteiger partial charge in [0.25, 0.3) is 0 Å². The lowest BCUT2D eigenvalue weighted by atomic mass is 10.0. The fourth-order valence-electron chi connectivity index (χ4n) is 1.93. The van der Waals surface area contributed by atoms with E-state index >= 15 is 0 Å². The van der Waals surface area contributed by atoms with Crippen LogP contribution in [0, 0.1) is 0 Å². The van der Waals surface area contributed by atoms with Gasteiger partial charge in [0, 0.05) is 32.3 Å². The molecular formula is C14H29BrO4Si. The van der Waals surface area contributed by atoms with Crippen LogP contribution in [0.15, 0.2) is 0 Å². The number of Topliss-reactive ketones (excluding diaryl/α,β-unsaturated/α-hetero) is 1. The number of ketones is 1. The molecule has 120 valence electrons. The van der Waals surface area contributed by atoms with Crippen molar-refractivity contribution in [2.24, 2.45) is 0 Å². The van der Waals surface area contributed by atoms with Crippen molar-refractivity contribution in [3.8, 4) is 0 Å². The summed E-state index contributed by atoms with van der Waals surface area (Å²) < 4.78 is 16.9. The average molecular weight is 369 g/mol. The van der Waals surface area contributed by atoms with Crippen molar-refractivity contribution in [3.63, 3.8) is 0 Å². The highest BCUT2D eigenvalue weighted by Gasteiger charge is 2.39. The third-order valence-electron chi connectivity index (χ3n) is 2.89. The van der Waals surface area contributed by atoms with E-state index in [2.05, 4.69) is 15.9 Å². The van der Waals surface area contributed by atoms with Crippen molar-refractivity contribution in [2.45, 2.75) is 64.2 Å².